The molecule has 1 amide bonds. The minimum absolute atomic E-state index is 0.177. The maximum atomic E-state index is 13.1. The van der Waals surface area contributed by atoms with Gasteiger partial charge in [-0.25, -0.2) is 9.59 Å². The van der Waals surface area contributed by atoms with Gasteiger partial charge in [-0.2, -0.15) is 0 Å². The van der Waals surface area contributed by atoms with Gasteiger partial charge in [0.25, 0.3) is 0 Å². The van der Waals surface area contributed by atoms with Crippen molar-refractivity contribution in [1.29, 1.82) is 0 Å². The summed E-state index contributed by atoms with van der Waals surface area (Å²) in [7, 11) is 0. The lowest BCUT2D eigenvalue weighted by Gasteiger charge is -2.38. The molecule has 2 aromatic carbocycles. The first kappa shape index (κ1) is 27.9. The van der Waals surface area contributed by atoms with E-state index in [-0.39, 0.29) is 5.92 Å². The molecule has 0 saturated carbocycles. The molecule has 3 aliphatic rings. The molecule has 0 bridgehead atoms. The number of hydrogen-bond acceptors (Lipinski definition) is 7. The number of fused-ring (bicyclic) bond motifs is 1. The van der Waals surface area contributed by atoms with E-state index in [0.717, 1.165) is 81.2 Å². The molecule has 2 N–H and O–H groups in total. The van der Waals surface area contributed by atoms with E-state index in [1.807, 2.05) is 6.07 Å². The molecular weight excluding hydrogens is 558 g/mol. The highest BCUT2D eigenvalue weighted by molar-refractivity contribution is 9.10. The molecule has 5 rings (SSSR count). The number of amides is 1. The molecule has 3 heterocycles. The van der Waals surface area contributed by atoms with Crippen molar-refractivity contribution in [2.24, 2.45) is 5.92 Å². The van der Waals surface area contributed by atoms with Crippen LogP contribution in [0.15, 0.2) is 46.9 Å². The predicted octanol–water partition coefficient (Wildman–Crippen LogP) is 2.89. The summed E-state index contributed by atoms with van der Waals surface area (Å²) in [4.78, 5) is 38.3. The molecule has 11 heteroatoms. The Hall–Kier alpha value is -3.15. The summed E-state index contributed by atoms with van der Waals surface area (Å²) in [6.45, 7) is 7.63. The number of carboxylic acid groups (broad SMARTS) is 2. The lowest BCUT2D eigenvalue weighted by Crippen LogP contribution is -2.51. The van der Waals surface area contributed by atoms with Crippen molar-refractivity contribution in [3.05, 3.63) is 58.1 Å². The summed E-state index contributed by atoms with van der Waals surface area (Å²) in [5, 5.41) is 14.8. The number of likely N-dealkylation sites (tertiary alicyclic amines) is 1. The Kier molecular flexibility index (Phi) is 9.59. The van der Waals surface area contributed by atoms with Crippen LogP contribution in [0.2, 0.25) is 0 Å². The van der Waals surface area contributed by atoms with Crippen LogP contribution in [0, 0.1) is 5.92 Å². The zero-order valence-electron chi connectivity index (χ0n) is 21.1. The number of nitrogens with zero attached hydrogens (tertiary/aromatic N) is 3. The van der Waals surface area contributed by atoms with Crippen molar-refractivity contribution in [3.8, 4) is 11.5 Å². The number of carboxylic acids is 2. The lowest BCUT2D eigenvalue weighted by molar-refractivity contribution is -0.159. The highest BCUT2D eigenvalue weighted by atomic mass is 79.9. The van der Waals surface area contributed by atoms with Gasteiger partial charge in [0.1, 0.15) is 0 Å². The second kappa shape index (κ2) is 13.1. The van der Waals surface area contributed by atoms with Gasteiger partial charge in [-0.05, 0) is 61.3 Å². The van der Waals surface area contributed by atoms with Gasteiger partial charge >= 0.3 is 11.9 Å². The second-order valence-corrected chi connectivity index (χ2v) is 10.5. The van der Waals surface area contributed by atoms with Crippen LogP contribution in [0.25, 0.3) is 0 Å². The normalized spacial score (nSPS) is 18.0. The second-order valence-electron chi connectivity index (χ2n) is 9.58. The fourth-order valence-electron chi connectivity index (χ4n) is 4.87. The van der Waals surface area contributed by atoms with Crippen molar-refractivity contribution < 1.29 is 34.1 Å². The van der Waals surface area contributed by atoms with Crippen LogP contribution in [0.1, 0.15) is 24.0 Å². The van der Waals surface area contributed by atoms with E-state index in [1.165, 1.54) is 11.1 Å². The predicted molar refractivity (Wildman–Crippen MR) is 142 cm³/mol. The quantitative estimate of drug-likeness (QED) is 0.507. The lowest BCUT2D eigenvalue weighted by atomic mass is 9.94. The minimum Gasteiger partial charge on any atom is -0.473 e. The molecule has 2 fully saturated rings. The van der Waals surface area contributed by atoms with Gasteiger partial charge in [-0.1, -0.05) is 34.1 Å². The Morgan fingerprint density at radius 3 is 1.95 bits per heavy atom. The number of benzene rings is 2. The summed E-state index contributed by atoms with van der Waals surface area (Å²) in [5.41, 5.74) is 2.56. The van der Waals surface area contributed by atoms with Crippen molar-refractivity contribution in [1.82, 2.24) is 14.7 Å². The molecule has 2 saturated heterocycles. The van der Waals surface area contributed by atoms with Gasteiger partial charge < -0.3 is 24.6 Å². The zero-order valence-corrected chi connectivity index (χ0v) is 22.6. The van der Waals surface area contributed by atoms with Crippen LogP contribution in [-0.4, -0.2) is 88.8 Å². The van der Waals surface area contributed by atoms with E-state index in [0.29, 0.717) is 12.7 Å². The van der Waals surface area contributed by atoms with Crippen LogP contribution in [0.5, 0.6) is 11.5 Å². The fourth-order valence-corrected chi connectivity index (χ4v) is 5.13. The molecule has 38 heavy (non-hydrogen) atoms. The number of carbonyl (C=O) groups is 3. The number of ether oxygens (including phenoxy) is 2. The first-order valence-corrected chi connectivity index (χ1v) is 13.4. The number of piperidine rings is 1. The Labute approximate surface area is 229 Å². The largest absolute Gasteiger partial charge is 0.473 e. The molecule has 0 atom stereocenters. The van der Waals surface area contributed by atoms with Crippen LogP contribution >= 0.6 is 15.9 Å². The molecule has 0 aromatic heterocycles. The Morgan fingerprint density at radius 2 is 1.32 bits per heavy atom. The number of halogens is 1. The monoisotopic (exact) mass is 589 g/mol. The zero-order chi connectivity index (χ0) is 27.1. The summed E-state index contributed by atoms with van der Waals surface area (Å²) < 4.78 is 12.0. The SMILES string of the molecule is O=C(C1CCN(Cc2ccc(Br)cc2)CC1)N1CCN(Cc2ccc3c(c2)OCO3)CC1.O=C(O)C(=O)O. The molecule has 0 unspecified atom stereocenters. The number of hydrogen-bond donors (Lipinski definition) is 2. The van der Waals surface area contributed by atoms with E-state index in [9.17, 15) is 4.79 Å². The first-order valence-electron chi connectivity index (χ1n) is 12.6. The minimum atomic E-state index is -1.82. The smallest absolute Gasteiger partial charge is 0.414 e. The summed E-state index contributed by atoms with van der Waals surface area (Å²) in [5.74, 6) is -1.45. The van der Waals surface area contributed by atoms with Crippen molar-refractivity contribution in [2.75, 3.05) is 46.1 Å². The van der Waals surface area contributed by atoms with Gasteiger partial charge in [-0.15, -0.1) is 0 Å². The van der Waals surface area contributed by atoms with Crippen molar-refractivity contribution >= 4 is 33.8 Å². The first-order chi connectivity index (χ1) is 18.3. The van der Waals surface area contributed by atoms with Crippen LogP contribution in [0.4, 0.5) is 0 Å². The standard InChI is InChI=1S/C25H30BrN3O3.C2H2O4/c26-22-4-1-19(2-5-22)16-27-9-7-21(8-10-27)25(30)29-13-11-28(12-14-29)17-20-3-6-23-24(15-20)32-18-31-23;3-1(4)2(5)6/h1-6,15,21H,7-14,16-18H2;(H,3,4)(H,5,6). The average molecular weight is 590 g/mol. The average Bonchev–Trinajstić information content (AvgIpc) is 3.39. The third-order valence-corrected chi connectivity index (χ3v) is 7.50. The Morgan fingerprint density at radius 1 is 0.763 bits per heavy atom. The van der Waals surface area contributed by atoms with Gasteiger partial charge in [-0.3, -0.25) is 14.6 Å². The molecule has 3 aliphatic heterocycles. The fraction of sp³-hybridized carbons (Fsp3) is 0.444. The maximum Gasteiger partial charge on any atom is 0.414 e. The van der Waals surface area contributed by atoms with E-state index in [1.54, 1.807) is 0 Å². The van der Waals surface area contributed by atoms with Gasteiger partial charge in [0, 0.05) is 49.7 Å². The van der Waals surface area contributed by atoms with Gasteiger partial charge in [0.05, 0.1) is 0 Å². The highest BCUT2D eigenvalue weighted by Crippen LogP contribution is 2.33. The Balaban J connectivity index is 0.000000505. The summed E-state index contributed by atoms with van der Waals surface area (Å²) >= 11 is 3.49. The van der Waals surface area contributed by atoms with E-state index >= 15 is 0 Å². The molecule has 0 radical (unpaired) electrons. The van der Waals surface area contributed by atoms with Crippen LogP contribution in [-0.2, 0) is 27.5 Å². The van der Waals surface area contributed by atoms with Crippen LogP contribution < -0.4 is 9.47 Å². The van der Waals surface area contributed by atoms with Gasteiger partial charge in [0.2, 0.25) is 12.7 Å². The van der Waals surface area contributed by atoms with E-state index in [2.05, 4.69) is 67.0 Å². The van der Waals surface area contributed by atoms with E-state index < -0.39 is 11.9 Å². The molecule has 0 aliphatic carbocycles. The van der Waals surface area contributed by atoms with Crippen LogP contribution in [0.3, 0.4) is 0 Å². The van der Waals surface area contributed by atoms with E-state index in [4.69, 9.17) is 29.3 Å². The number of carbonyl (C=O) groups excluding carboxylic acids is 1. The number of rotatable bonds is 5. The molecule has 0 spiro atoms. The third kappa shape index (κ3) is 7.68. The molecular formula is C27H32BrN3O7. The number of aliphatic carboxylic acids is 2. The molecule has 10 nitrogen and oxygen atoms in total. The third-order valence-electron chi connectivity index (χ3n) is 6.97. The van der Waals surface area contributed by atoms with Crippen molar-refractivity contribution in [3.63, 3.8) is 0 Å². The van der Waals surface area contributed by atoms with Gasteiger partial charge in [0.15, 0.2) is 11.5 Å². The summed E-state index contributed by atoms with van der Waals surface area (Å²) in [6.07, 6.45) is 1.93. The highest BCUT2D eigenvalue weighted by Gasteiger charge is 2.30. The topological polar surface area (TPSA) is 120 Å². The number of piperazine rings is 1. The maximum absolute atomic E-state index is 13.1. The molecule has 2 aromatic rings. The molecule has 204 valence electrons. The summed E-state index contributed by atoms with van der Waals surface area (Å²) in [6, 6.07) is 14.7. The Bertz CT molecular complexity index is 1120. The van der Waals surface area contributed by atoms with Crippen molar-refractivity contribution in [2.45, 2.75) is 25.9 Å².